The molecule has 0 aliphatic heterocycles. The number of halogens is 4. The Morgan fingerprint density at radius 1 is 1.04 bits per heavy atom. The molecule has 0 atom stereocenters. The van der Waals surface area contributed by atoms with Gasteiger partial charge in [0, 0.05) is 23.4 Å². The molecule has 0 amide bonds. The van der Waals surface area contributed by atoms with Crippen molar-refractivity contribution >= 4 is 28.2 Å². The van der Waals surface area contributed by atoms with Gasteiger partial charge < -0.3 is 5.32 Å². The monoisotopic (exact) mass is 376 g/mol. The summed E-state index contributed by atoms with van der Waals surface area (Å²) >= 11 is 6.43. The van der Waals surface area contributed by atoms with Gasteiger partial charge in [-0.25, -0.2) is 4.98 Å². The molecule has 1 saturated carbocycles. The molecular formula is C20H16ClF3N2. The van der Waals surface area contributed by atoms with E-state index in [-0.39, 0.29) is 0 Å². The molecule has 3 aromatic rings. The van der Waals surface area contributed by atoms with Crippen LogP contribution in [0.2, 0.25) is 5.15 Å². The number of pyridine rings is 1. The third-order valence-corrected chi connectivity index (χ3v) is 4.84. The largest absolute Gasteiger partial charge is 0.416 e. The zero-order valence-corrected chi connectivity index (χ0v) is 14.5. The number of alkyl halides is 3. The summed E-state index contributed by atoms with van der Waals surface area (Å²) in [7, 11) is 0. The van der Waals surface area contributed by atoms with Crippen molar-refractivity contribution in [1.29, 1.82) is 0 Å². The lowest BCUT2D eigenvalue weighted by molar-refractivity contribution is -0.137. The van der Waals surface area contributed by atoms with Crippen LogP contribution in [0.5, 0.6) is 0 Å². The van der Waals surface area contributed by atoms with Gasteiger partial charge in [0.15, 0.2) is 0 Å². The number of hydrogen-bond donors (Lipinski definition) is 1. The second-order valence-corrected chi connectivity index (χ2v) is 6.92. The number of rotatable bonds is 4. The SMILES string of the molecule is FC(F)(F)c1ccc(Cc2c(Cl)nc3ccccc3c2NC2CC2)cc1. The first-order valence-electron chi connectivity index (χ1n) is 8.41. The Labute approximate surface area is 154 Å². The van der Waals surface area contributed by atoms with Crippen molar-refractivity contribution in [3.63, 3.8) is 0 Å². The summed E-state index contributed by atoms with van der Waals surface area (Å²) in [5, 5.41) is 4.88. The Kier molecular flexibility index (Phi) is 4.27. The van der Waals surface area contributed by atoms with E-state index in [1.807, 2.05) is 24.3 Å². The lowest BCUT2D eigenvalue weighted by Gasteiger charge is -2.16. The Balaban J connectivity index is 1.74. The Bertz CT molecular complexity index is 948. The lowest BCUT2D eigenvalue weighted by Crippen LogP contribution is -2.08. The van der Waals surface area contributed by atoms with Crippen molar-refractivity contribution in [1.82, 2.24) is 4.98 Å². The number of nitrogens with zero attached hydrogens (tertiary/aromatic N) is 1. The molecule has 0 bridgehead atoms. The molecule has 1 fully saturated rings. The number of para-hydroxylation sites is 1. The molecule has 1 heterocycles. The highest BCUT2D eigenvalue weighted by molar-refractivity contribution is 6.31. The van der Waals surface area contributed by atoms with Gasteiger partial charge in [-0.2, -0.15) is 13.2 Å². The maximum absolute atomic E-state index is 12.8. The molecule has 0 saturated heterocycles. The third kappa shape index (κ3) is 3.49. The Morgan fingerprint density at radius 3 is 2.38 bits per heavy atom. The summed E-state index contributed by atoms with van der Waals surface area (Å²) in [6.07, 6.45) is -1.70. The summed E-state index contributed by atoms with van der Waals surface area (Å²) in [5.41, 5.74) is 2.66. The maximum Gasteiger partial charge on any atom is 0.416 e. The highest BCUT2D eigenvalue weighted by atomic mass is 35.5. The van der Waals surface area contributed by atoms with Gasteiger partial charge in [-0.15, -0.1) is 0 Å². The molecule has 1 aromatic heterocycles. The van der Waals surface area contributed by atoms with E-state index >= 15 is 0 Å². The minimum Gasteiger partial charge on any atom is -0.381 e. The van der Waals surface area contributed by atoms with E-state index in [0.717, 1.165) is 52.7 Å². The van der Waals surface area contributed by atoms with Crippen molar-refractivity contribution in [2.45, 2.75) is 31.5 Å². The lowest BCUT2D eigenvalue weighted by atomic mass is 10.0. The fourth-order valence-corrected chi connectivity index (χ4v) is 3.25. The molecule has 1 N–H and O–H groups in total. The van der Waals surface area contributed by atoms with Crippen LogP contribution in [-0.4, -0.2) is 11.0 Å². The molecule has 6 heteroatoms. The van der Waals surface area contributed by atoms with Gasteiger partial charge in [-0.05, 0) is 36.6 Å². The normalized spacial score (nSPS) is 14.6. The average molecular weight is 377 g/mol. The average Bonchev–Trinajstić information content (AvgIpc) is 3.42. The molecule has 1 aliphatic rings. The maximum atomic E-state index is 12.8. The predicted octanol–water partition coefficient (Wildman–Crippen LogP) is 6.07. The van der Waals surface area contributed by atoms with Crippen molar-refractivity contribution in [3.05, 3.63) is 70.4 Å². The molecule has 2 aromatic carbocycles. The van der Waals surface area contributed by atoms with Crippen LogP contribution in [0, 0.1) is 0 Å². The minimum absolute atomic E-state index is 0.381. The topological polar surface area (TPSA) is 24.9 Å². The van der Waals surface area contributed by atoms with Gasteiger partial charge in [0.1, 0.15) is 5.15 Å². The number of fused-ring (bicyclic) bond motifs is 1. The van der Waals surface area contributed by atoms with Gasteiger partial charge in [0.2, 0.25) is 0 Å². The summed E-state index contributed by atoms with van der Waals surface area (Å²) in [6.45, 7) is 0. The quantitative estimate of drug-likeness (QED) is 0.559. The molecule has 1 aliphatic carbocycles. The molecule has 4 rings (SSSR count). The third-order valence-electron chi connectivity index (χ3n) is 4.53. The fourth-order valence-electron chi connectivity index (χ4n) is 3.00. The smallest absolute Gasteiger partial charge is 0.381 e. The van der Waals surface area contributed by atoms with Crippen LogP contribution in [0.15, 0.2) is 48.5 Å². The molecule has 0 spiro atoms. The van der Waals surface area contributed by atoms with E-state index in [2.05, 4.69) is 10.3 Å². The highest BCUT2D eigenvalue weighted by Gasteiger charge is 2.30. The van der Waals surface area contributed by atoms with Gasteiger partial charge in [0.25, 0.3) is 0 Å². The van der Waals surface area contributed by atoms with Crippen LogP contribution >= 0.6 is 11.6 Å². The van der Waals surface area contributed by atoms with E-state index in [1.165, 1.54) is 12.1 Å². The van der Waals surface area contributed by atoms with Gasteiger partial charge in [-0.3, -0.25) is 0 Å². The molecule has 26 heavy (non-hydrogen) atoms. The van der Waals surface area contributed by atoms with Crippen molar-refractivity contribution in [2.24, 2.45) is 0 Å². The zero-order valence-electron chi connectivity index (χ0n) is 13.8. The summed E-state index contributed by atoms with van der Waals surface area (Å²) in [6, 6.07) is 13.4. The first kappa shape index (κ1) is 17.2. The van der Waals surface area contributed by atoms with E-state index in [9.17, 15) is 13.2 Å². The van der Waals surface area contributed by atoms with Gasteiger partial charge >= 0.3 is 6.18 Å². The Hall–Kier alpha value is -2.27. The van der Waals surface area contributed by atoms with Crippen molar-refractivity contribution in [3.8, 4) is 0 Å². The van der Waals surface area contributed by atoms with Crippen LogP contribution in [0.25, 0.3) is 10.9 Å². The van der Waals surface area contributed by atoms with E-state index in [4.69, 9.17) is 11.6 Å². The molecule has 0 radical (unpaired) electrons. The summed E-state index contributed by atoms with van der Waals surface area (Å²) in [5.74, 6) is 0. The number of aromatic nitrogens is 1. The molecular weight excluding hydrogens is 361 g/mol. The summed E-state index contributed by atoms with van der Waals surface area (Å²) in [4.78, 5) is 4.46. The van der Waals surface area contributed by atoms with E-state index in [1.54, 1.807) is 0 Å². The van der Waals surface area contributed by atoms with Crippen LogP contribution in [0.3, 0.4) is 0 Å². The van der Waals surface area contributed by atoms with Crippen molar-refractivity contribution < 1.29 is 13.2 Å². The molecule has 134 valence electrons. The van der Waals surface area contributed by atoms with Crippen molar-refractivity contribution in [2.75, 3.05) is 5.32 Å². The standard InChI is InChI=1S/C20H16ClF3N2/c21-19-16(11-12-5-7-13(8-6-12)20(22,23)24)18(25-14-9-10-14)15-3-1-2-4-17(15)26-19/h1-8,14H,9-11H2,(H,25,26). The van der Waals surface area contributed by atoms with Crippen LogP contribution in [-0.2, 0) is 12.6 Å². The second kappa shape index (κ2) is 6.47. The minimum atomic E-state index is -4.33. The first-order chi connectivity index (χ1) is 12.4. The predicted molar refractivity (Wildman–Crippen MR) is 97.6 cm³/mol. The molecule has 0 unspecified atom stereocenters. The Morgan fingerprint density at radius 2 is 1.73 bits per heavy atom. The van der Waals surface area contributed by atoms with Gasteiger partial charge in [-0.1, -0.05) is 41.9 Å². The second-order valence-electron chi connectivity index (χ2n) is 6.56. The molecule has 2 nitrogen and oxygen atoms in total. The van der Waals surface area contributed by atoms with Gasteiger partial charge in [0.05, 0.1) is 16.8 Å². The number of anilines is 1. The highest BCUT2D eigenvalue weighted by Crippen LogP contribution is 2.37. The fraction of sp³-hybridized carbons (Fsp3) is 0.250. The first-order valence-corrected chi connectivity index (χ1v) is 8.79. The zero-order chi connectivity index (χ0) is 18.3. The number of nitrogens with one attached hydrogen (secondary N) is 1. The van der Waals surface area contributed by atoms with E-state index in [0.29, 0.717) is 17.6 Å². The van der Waals surface area contributed by atoms with E-state index < -0.39 is 11.7 Å². The van der Waals surface area contributed by atoms with Crippen LogP contribution < -0.4 is 5.32 Å². The number of benzene rings is 2. The van der Waals surface area contributed by atoms with Crippen LogP contribution in [0.4, 0.5) is 18.9 Å². The van der Waals surface area contributed by atoms with Crippen LogP contribution in [0.1, 0.15) is 29.5 Å². The summed E-state index contributed by atoms with van der Waals surface area (Å²) < 4.78 is 38.3. The number of hydrogen-bond acceptors (Lipinski definition) is 2.